The molecule has 2 rings (SSSR count). The molecule has 0 amide bonds. The summed E-state index contributed by atoms with van der Waals surface area (Å²) in [4.78, 5) is 4.40. The van der Waals surface area contributed by atoms with E-state index < -0.39 is 0 Å². The van der Waals surface area contributed by atoms with Crippen molar-refractivity contribution in [3.05, 3.63) is 46.1 Å². The number of hydrogen-bond donors (Lipinski definition) is 1. The minimum atomic E-state index is 0.515. The second kappa shape index (κ2) is 5.72. The van der Waals surface area contributed by atoms with E-state index in [0.29, 0.717) is 22.8 Å². The number of para-hydroxylation sites is 1. The van der Waals surface area contributed by atoms with Crippen molar-refractivity contribution in [1.29, 1.82) is 5.26 Å². The molecule has 0 aliphatic carbocycles. The van der Waals surface area contributed by atoms with Crippen LogP contribution in [-0.4, -0.2) is 12.1 Å². The first-order chi connectivity index (χ1) is 9.15. The third-order valence-electron chi connectivity index (χ3n) is 2.64. The van der Waals surface area contributed by atoms with Crippen LogP contribution in [0, 0.1) is 18.3 Å². The van der Waals surface area contributed by atoms with E-state index in [0.717, 1.165) is 10.2 Å². The number of benzene rings is 1. The number of aryl methyl sites for hydroxylation is 1. The van der Waals surface area contributed by atoms with Gasteiger partial charge < -0.3 is 10.1 Å². The van der Waals surface area contributed by atoms with Gasteiger partial charge >= 0.3 is 0 Å². The lowest BCUT2D eigenvalue weighted by Gasteiger charge is -2.12. The van der Waals surface area contributed by atoms with Crippen molar-refractivity contribution < 1.29 is 4.74 Å². The molecule has 5 heteroatoms. The van der Waals surface area contributed by atoms with Gasteiger partial charge in [-0.05, 0) is 47.1 Å². The van der Waals surface area contributed by atoms with E-state index in [2.05, 4.69) is 32.3 Å². The molecule has 0 radical (unpaired) electrons. The smallest absolute Gasteiger partial charge is 0.143 e. The molecule has 1 heterocycles. The summed E-state index contributed by atoms with van der Waals surface area (Å²) < 4.78 is 6.21. The van der Waals surface area contributed by atoms with Gasteiger partial charge in [0.2, 0.25) is 0 Å². The van der Waals surface area contributed by atoms with Crippen LogP contribution in [0.4, 0.5) is 11.5 Å². The molecule has 0 spiro atoms. The Hall–Kier alpha value is -2.06. The van der Waals surface area contributed by atoms with Gasteiger partial charge in [-0.1, -0.05) is 6.07 Å². The van der Waals surface area contributed by atoms with Gasteiger partial charge in [-0.25, -0.2) is 4.98 Å². The first kappa shape index (κ1) is 13.4. The Balaban J connectivity index is 2.42. The van der Waals surface area contributed by atoms with Crippen molar-refractivity contribution in [3.8, 4) is 11.8 Å². The average molecular weight is 318 g/mol. The number of methoxy groups -OCH3 is 1. The lowest BCUT2D eigenvalue weighted by atomic mass is 10.1. The van der Waals surface area contributed by atoms with Gasteiger partial charge in [-0.3, -0.25) is 0 Å². The Bertz CT molecular complexity index is 650. The summed E-state index contributed by atoms with van der Waals surface area (Å²) in [5.41, 5.74) is 2.02. The predicted octanol–water partition coefficient (Wildman–Crippen LogP) is 3.78. The maximum Gasteiger partial charge on any atom is 0.143 e. The van der Waals surface area contributed by atoms with E-state index in [-0.39, 0.29) is 0 Å². The number of anilines is 2. The summed E-state index contributed by atoms with van der Waals surface area (Å²) in [6.45, 7) is 1.91. The summed E-state index contributed by atoms with van der Waals surface area (Å²) >= 11 is 3.40. The molecule has 1 N–H and O–H groups in total. The summed E-state index contributed by atoms with van der Waals surface area (Å²) in [6, 6.07) is 11.2. The molecule has 4 nitrogen and oxygen atoms in total. The highest BCUT2D eigenvalue weighted by Crippen LogP contribution is 2.30. The molecule has 0 saturated heterocycles. The molecular weight excluding hydrogens is 306 g/mol. The monoisotopic (exact) mass is 317 g/mol. The zero-order valence-corrected chi connectivity index (χ0v) is 12.2. The maximum absolute atomic E-state index is 9.14. The minimum absolute atomic E-state index is 0.515. The number of rotatable bonds is 3. The first-order valence-corrected chi connectivity index (χ1v) is 6.42. The Morgan fingerprint density at radius 3 is 2.74 bits per heavy atom. The Morgan fingerprint density at radius 1 is 1.32 bits per heavy atom. The van der Waals surface area contributed by atoms with Gasteiger partial charge in [0.1, 0.15) is 23.3 Å². The maximum atomic E-state index is 9.14. The number of pyridine rings is 1. The van der Waals surface area contributed by atoms with E-state index in [9.17, 15) is 0 Å². The SMILES string of the molecule is COc1cccc(C#N)c1Nc1ccc(Br)c(C)n1. The van der Waals surface area contributed by atoms with Gasteiger partial charge in [0.15, 0.2) is 0 Å². The number of hydrogen-bond acceptors (Lipinski definition) is 4. The lowest BCUT2D eigenvalue weighted by molar-refractivity contribution is 0.416. The number of ether oxygens (including phenoxy) is 1. The quantitative estimate of drug-likeness (QED) is 0.936. The molecule has 0 fully saturated rings. The Kier molecular flexibility index (Phi) is 4.03. The molecule has 1 aromatic carbocycles. The minimum Gasteiger partial charge on any atom is -0.495 e. The molecule has 1 aromatic heterocycles. The fourth-order valence-electron chi connectivity index (χ4n) is 1.67. The molecule has 19 heavy (non-hydrogen) atoms. The van der Waals surface area contributed by atoms with Crippen molar-refractivity contribution in [2.45, 2.75) is 6.92 Å². The molecule has 0 atom stereocenters. The molecule has 0 aliphatic rings. The molecular formula is C14H12BrN3O. The van der Waals surface area contributed by atoms with Gasteiger partial charge in [0.05, 0.1) is 18.4 Å². The van der Waals surface area contributed by atoms with E-state index in [4.69, 9.17) is 10.00 Å². The van der Waals surface area contributed by atoms with Crippen molar-refractivity contribution >= 4 is 27.4 Å². The fourth-order valence-corrected chi connectivity index (χ4v) is 1.89. The first-order valence-electron chi connectivity index (χ1n) is 5.63. The van der Waals surface area contributed by atoms with Crippen LogP contribution >= 0.6 is 15.9 Å². The third-order valence-corrected chi connectivity index (χ3v) is 3.48. The van der Waals surface area contributed by atoms with Crippen LogP contribution in [0.1, 0.15) is 11.3 Å². The highest BCUT2D eigenvalue weighted by Gasteiger charge is 2.10. The zero-order chi connectivity index (χ0) is 13.8. The summed E-state index contributed by atoms with van der Waals surface area (Å²) in [7, 11) is 1.57. The highest BCUT2D eigenvalue weighted by atomic mass is 79.9. The summed E-state index contributed by atoms with van der Waals surface area (Å²) in [6.07, 6.45) is 0. The Morgan fingerprint density at radius 2 is 2.11 bits per heavy atom. The normalized spacial score (nSPS) is 9.79. The van der Waals surface area contributed by atoms with E-state index in [1.807, 2.05) is 19.1 Å². The Labute approximate surface area is 120 Å². The van der Waals surface area contributed by atoms with Gasteiger partial charge in [0, 0.05) is 4.47 Å². The van der Waals surface area contributed by atoms with Crippen molar-refractivity contribution in [2.75, 3.05) is 12.4 Å². The van der Waals surface area contributed by atoms with Crippen molar-refractivity contribution in [1.82, 2.24) is 4.98 Å². The van der Waals surface area contributed by atoms with Gasteiger partial charge in [-0.15, -0.1) is 0 Å². The number of nitrogens with zero attached hydrogens (tertiary/aromatic N) is 2. The topological polar surface area (TPSA) is 57.9 Å². The van der Waals surface area contributed by atoms with Crippen LogP contribution in [0.5, 0.6) is 5.75 Å². The predicted molar refractivity (Wildman–Crippen MR) is 77.7 cm³/mol. The summed E-state index contributed by atoms with van der Waals surface area (Å²) in [5.74, 6) is 1.28. The molecule has 0 unspecified atom stereocenters. The van der Waals surface area contributed by atoms with Crippen LogP contribution < -0.4 is 10.1 Å². The third kappa shape index (κ3) is 2.85. The average Bonchev–Trinajstić information content (AvgIpc) is 2.43. The van der Waals surface area contributed by atoms with Crippen LogP contribution in [-0.2, 0) is 0 Å². The fraction of sp³-hybridized carbons (Fsp3) is 0.143. The van der Waals surface area contributed by atoms with Crippen molar-refractivity contribution in [3.63, 3.8) is 0 Å². The number of nitrogens with one attached hydrogen (secondary N) is 1. The standard InChI is InChI=1S/C14H12BrN3O/c1-9-11(15)6-7-13(17-9)18-14-10(8-16)4-3-5-12(14)19-2/h3-7H,1-2H3,(H,17,18). The largest absolute Gasteiger partial charge is 0.495 e. The van der Waals surface area contributed by atoms with E-state index in [1.54, 1.807) is 25.3 Å². The van der Waals surface area contributed by atoms with Crippen LogP contribution in [0.15, 0.2) is 34.8 Å². The second-order valence-corrected chi connectivity index (χ2v) is 4.74. The number of nitriles is 1. The van der Waals surface area contributed by atoms with Crippen LogP contribution in [0.25, 0.3) is 0 Å². The second-order valence-electron chi connectivity index (χ2n) is 3.88. The lowest BCUT2D eigenvalue weighted by Crippen LogP contribution is -2.00. The van der Waals surface area contributed by atoms with Gasteiger partial charge in [-0.2, -0.15) is 5.26 Å². The van der Waals surface area contributed by atoms with Crippen LogP contribution in [0.2, 0.25) is 0 Å². The number of aromatic nitrogens is 1. The molecule has 0 aliphatic heterocycles. The van der Waals surface area contributed by atoms with Crippen LogP contribution in [0.3, 0.4) is 0 Å². The summed E-state index contributed by atoms with van der Waals surface area (Å²) in [5, 5.41) is 12.3. The molecule has 96 valence electrons. The van der Waals surface area contributed by atoms with Gasteiger partial charge in [0.25, 0.3) is 0 Å². The number of halogens is 1. The molecule has 2 aromatic rings. The molecule has 0 bridgehead atoms. The zero-order valence-electron chi connectivity index (χ0n) is 10.6. The van der Waals surface area contributed by atoms with E-state index >= 15 is 0 Å². The molecule has 0 saturated carbocycles. The van der Waals surface area contributed by atoms with E-state index in [1.165, 1.54) is 0 Å². The highest BCUT2D eigenvalue weighted by molar-refractivity contribution is 9.10. The van der Waals surface area contributed by atoms with Crippen molar-refractivity contribution in [2.24, 2.45) is 0 Å².